The Labute approximate surface area is 111 Å². The third kappa shape index (κ3) is 2.29. The molecule has 0 radical (unpaired) electrons. The van der Waals surface area contributed by atoms with Crippen LogP contribution in [0.4, 0.5) is 5.69 Å². The van der Waals surface area contributed by atoms with Gasteiger partial charge < -0.3 is 10.8 Å². The van der Waals surface area contributed by atoms with E-state index in [1.807, 2.05) is 0 Å². The second-order valence-corrected chi connectivity index (χ2v) is 4.75. The number of aromatic nitrogens is 3. The van der Waals surface area contributed by atoms with E-state index in [0.29, 0.717) is 26.6 Å². The first kappa shape index (κ1) is 12.3. The van der Waals surface area contributed by atoms with Crippen molar-refractivity contribution in [3.8, 4) is 0 Å². The largest absolute Gasteiger partial charge is 0.398 e. The summed E-state index contributed by atoms with van der Waals surface area (Å²) in [6.07, 6.45) is -0.901. The summed E-state index contributed by atoms with van der Waals surface area (Å²) in [5.41, 5.74) is 7.36. The van der Waals surface area contributed by atoms with Crippen LogP contribution in [0.2, 0.25) is 5.02 Å². The van der Waals surface area contributed by atoms with Crippen LogP contribution in [0.15, 0.2) is 22.8 Å². The number of aliphatic hydroxyl groups excluding tert-OH is 1. The van der Waals surface area contributed by atoms with Gasteiger partial charge in [0.15, 0.2) is 4.60 Å². The van der Waals surface area contributed by atoms with Crippen LogP contribution in [-0.4, -0.2) is 20.1 Å². The number of aryl methyl sites for hydroxylation is 1. The minimum absolute atomic E-state index is 0.429. The van der Waals surface area contributed by atoms with Crippen molar-refractivity contribution >= 4 is 33.2 Å². The summed E-state index contributed by atoms with van der Waals surface area (Å²) in [7, 11) is 1.70. The van der Waals surface area contributed by atoms with Crippen LogP contribution in [0, 0.1) is 0 Å². The summed E-state index contributed by atoms with van der Waals surface area (Å²) < 4.78 is 1.98. The minimum Gasteiger partial charge on any atom is -0.398 e. The van der Waals surface area contributed by atoms with Crippen molar-refractivity contribution in [3.63, 3.8) is 0 Å². The van der Waals surface area contributed by atoms with Gasteiger partial charge in [-0.05, 0) is 28.1 Å². The second kappa shape index (κ2) is 4.64. The first-order chi connectivity index (χ1) is 8.00. The molecular weight excluding hydrogens is 307 g/mol. The molecule has 0 fully saturated rings. The van der Waals surface area contributed by atoms with Crippen LogP contribution in [0.5, 0.6) is 0 Å². The van der Waals surface area contributed by atoms with Crippen LogP contribution < -0.4 is 5.73 Å². The Morgan fingerprint density at radius 2 is 2.24 bits per heavy atom. The molecule has 7 heteroatoms. The fourth-order valence-corrected chi connectivity index (χ4v) is 2.30. The van der Waals surface area contributed by atoms with Gasteiger partial charge in [-0.1, -0.05) is 22.9 Å². The zero-order valence-electron chi connectivity index (χ0n) is 8.93. The summed E-state index contributed by atoms with van der Waals surface area (Å²) in [5, 5.41) is 18.4. The molecule has 1 aromatic heterocycles. The van der Waals surface area contributed by atoms with Crippen LogP contribution in [-0.2, 0) is 7.05 Å². The number of rotatable bonds is 2. The first-order valence-corrected chi connectivity index (χ1v) is 5.96. The van der Waals surface area contributed by atoms with Crippen molar-refractivity contribution in [1.82, 2.24) is 15.0 Å². The molecule has 0 spiro atoms. The van der Waals surface area contributed by atoms with Crippen LogP contribution in [0.1, 0.15) is 17.4 Å². The molecule has 0 aliphatic heterocycles. The van der Waals surface area contributed by atoms with Gasteiger partial charge in [0.1, 0.15) is 11.8 Å². The first-order valence-electron chi connectivity index (χ1n) is 4.78. The quantitative estimate of drug-likeness (QED) is 0.829. The van der Waals surface area contributed by atoms with Crippen molar-refractivity contribution in [2.75, 3.05) is 5.73 Å². The average Bonchev–Trinajstić information content (AvgIpc) is 2.58. The molecule has 2 aromatic rings. The number of hydrogen-bond acceptors (Lipinski definition) is 4. The summed E-state index contributed by atoms with van der Waals surface area (Å²) in [5.74, 6) is 0. The molecule has 0 bridgehead atoms. The van der Waals surface area contributed by atoms with Gasteiger partial charge in [-0.3, -0.25) is 0 Å². The fraction of sp³-hybridized carbons (Fsp3) is 0.200. The fourth-order valence-electron chi connectivity index (χ4n) is 1.57. The molecular formula is C10H10BrClN4O. The lowest BCUT2D eigenvalue weighted by Gasteiger charge is -2.13. The molecule has 1 unspecified atom stereocenters. The molecule has 1 aromatic carbocycles. The van der Waals surface area contributed by atoms with E-state index in [1.54, 1.807) is 25.2 Å². The van der Waals surface area contributed by atoms with Crippen molar-refractivity contribution < 1.29 is 5.11 Å². The van der Waals surface area contributed by atoms with Gasteiger partial charge >= 0.3 is 0 Å². The number of hydrogen-bond donors (Lipinski definition) is 2. The number of benzene rings is 1. The highest BCUT2D eigenvalue weighted by atomic mass is 79.9. The molecule has 0 amide bonds. The van der Waals surface area contributed by atoms with E-state index in [-0.39, 0.29) is 0 Å². The van der Waals surface area contributed by atoms with E-state index in [0.717, 1.165) is 0 Å². The highest BCUT2D eigenvalue weighted by Gasteiger charge is 2.21. The van der Waals surface area contributed by atoms with Crippen molar-refractivity contribution in [1.29, 1.82) is 0 Å². The van der Waals surface area contributed by atoms with Gasteiger partial charge in [-0.25, -0.2) is 4.68 Å². The van der Waals surface area contributed by atoms with Gasteiger partial charge in [-0.2, -0.15) is 0 Å². The normalized spacial score (nSPS) is 12.7. The minimum atomic E-state index is -0.901. The van der Waals surface area contributed by atoms with E-state index in [1.165, 1.54) is 4.68 Å². The summed E-state index contributed by atoms with van der Waals surface area (Å²) in [6.45, 7) is 0. The van der Waals surface area contributed by atoms with E-state index in [2.05, 4.69) is 26.2 Å². The number of halogens is 2. The third-order valence-electron chi connectivity index (χ3n) is 2.43. The van der Waals surface area contributed by atoms with E-state index < -0.39 is 6.10 Å². The zero-order chi connectivity index (χ0) is 12.6. The standard InChI is InChI=1S/C10H10BrClN4O/c1-16-8(10(11)14-15-16)9(17)6-3-2-5(12)4-7(6)13/h2-4,9,17H,13H2,1H3. The number of nitrogens with zero attached hydrogens (tertiary/aromatic N) is 3. The molecule has 1 heterocycles. The molecule has 5 nitrogen and oxygen atoms in total. The topological polar surface area (TPSA) is 77.0 Å². The second-order valence-electron chi connectivity index (χ2n) is 3.56. The van der Waals surface area contributed by atoms with E-state index >= 15 is 0 Å². The summed E-state index contributed by atoms with van der Waals surface area (Å²) >= 11 is 9.04. The Morgan fingerprint density at radius 3 is 2.76 bits per heavy atom. The van der Waals surface area contributed by atoms with Crippen molar-refractivity contribution in [2.45, 2.75) is 6.10 Å². The molecule has 1 atom stereocenters. The molecule has 17 heavy (non-hydrogen) atoms. The van der Waals surface area contributed by atoms with Crippen LogP contribution in [0.3, 0.4) is 0 Å². The Hall–Kier alpha value is -1.11. The number of nitrogens with two attached hydrogens (primary N) is 1. The molecule has 3 N–H and O–H groups in total. The molecule has 90 valence electrons. The number of anilines is 1. The SMILES string of the molecule is Cn1nnc(Br)c1C(O)c1ccc(Cl)cc1N. The average molecular weight is 318 g/mol. The lowest BCUT2D eigenvalue weighted by Crippen LogP contribution is -2.09. The van der Waals surface area contributed by atoms with Gasteiger partial charge in [-0.15, -0.1) is 5.10 Å². The van der Waals surface area contributed by atoms with Gasteiger partial charge in [0.05, 0.1) is 0 Å². The predicted molar refractivity (Wildman–Crippen MR) is 68.6 cm³/mol. The van der Waals surface area contributed by atoms with E-state index in [9.17, 15) is 5.11 Å². The van der Waals surface area contributed by atoms with Crippen molar-refractivity contribution in [3.05, 3.63) is 39.1 Å². The molecule has 0 aliphatic carbocycles. The maximum absolute atomic E-state index is 10.3. The Morgan fingerprint density at radius 1 is 1.53 bits per heavy atom. The monoisotopic (exact) mass is 316 g/mol. The summed E-state index contributed by atoms with van der Waals surface area (Å²) in [6, 6.07) is 4.95. The molecule has 0 saturated heterocycles. The van der Waals surface area contributed by atoms with Crippen LogP contribution >= 0.6 is 27.5 Å². The van der Waals surface area contributed by atoms with Gasteiger partial charge in [0.2, 0.25) is 0 Å². The smallest absolute Gasteiger partial charge is 0.154 e. The Bertz CT molecular complexity index is 538. The number of aliphatic hydroxyl groups is 1. The predicted octanol–water partition coefficient (Wildman–Crippen LogP) is 1.89. The number of nitrogen functional groups attached to an aromatic ring is 1. The third-order valence-corrected chi connectivity index (χ3v) is 3.23. The maximum Gasteiger partial charge on any atom is 0.154 e. The Balaban J connectivity index is 2.47. The highest BCUT2D eigenvalue weighted by Crippen LogP contribution is 2.31. The molecule has 2 rings (SSSR count). The lowest BCUT2D eigenvalue weighted by molar-refractivity contribution is 0.209. The van der Waals surface area contributed by atoms with Gasteiger partial charge in [0.25, 0.3) is 0 Å². The van der Waals surface area contributed by atoms with Crippen LogP contribution in [0.25, 0.3) is 0 Å². The van der Waals surface area contributed by atoms with Crippen molar-refractivity contribution in [2.24, 2.45) is 7.05 Å². The van der Waals surface area contributed by atoms with E-state index in [4.69, 9.17) is 17.3 Å². The summed E-state index contributed by atoms with van der Waals surface area (Å²) in [4.78, 5) is 0. The highest BCUT2D eigenvalue weighted by molar-refractivity contribution is 9.10. The maximum atomic E-state index is 10.3. The lowest BCUT2D eigenvalue weighted by atomic mass is 10.1. The molecule has 0 saturated carbocycles. The van der Waals surface area contributed by atoms with Gasteiger partial charge in [0, 0.05) is 23.3 Å². The zero-order valence-corrected chi connectivity index (χ0v) is 11.3. The molecule has 0 aliphatic rings. The Kier molecular flexibility index (Phi) is 3.37.